The van der Waals surface area contributed by atoms with Crippen LogP contribution in [0, 0.1) is 0 Å². The predicted molar refractivity (Wildman–Crippen MR) is 106 cm³/mol. The van der Waals surface area contributed by atoms with E-state index in [1.807, 2.05) is 12.1 Å². The monoisotopic (exact) mass is 328 g/mol. The van der Waals surface area contributed by atoms with Crippen molar-refractivity contribution >= 4 is 21.5 Å². The first-order chi connectivity index (χ1) is 12.4. The Kier molecular flexibility index (Phi) is 4.56. The molecule has 0 radical (unpaired) electrons. The second kappa shape index (κ2) is 7.14. The van der Waals surface area contributed by atoms with Crippen molar-refractivity contribution in [3.63, 3.8) is 0 Å². The molecule has 3 aromatic carbocycles. The van der Waals surface area contributed by atoms with Crippen LogP contribution in [0.25, 0.3) is 21.5 Å². The first-order valence-electron chi connectivity index (χ1n) is 9.31. The molecule has 0 spiro atoms. The van der Waals surface area contributed by atoms with E-state index in [-0.39, 0.29) is 0 Å². The molecule has 25 heavy (non-hydrogen) atoms. The highest BCUT2D eigenvalue weighted by Crippen LogP contribution is 2.33. The lowest BCUT2D eigenvalue weighted by atomic mass is 9.86. The van der Waals surface area contributed by atoms with Crippen LogP contribution in [0.4, 0.5) is 0 Å². The van der Waals surface area contributed by atoms with Crippen LogP contribution in [0.15, 0.2) is 71.3 Å². The predicted octanol–water partition coefficient (Wildman–Crippen LogP) is 6.71. The van der Waals surface area contributed by atoms with E-state index in [0.29, 0.717) is 0 Å². The van der Waals surface area contributed by atoms with Crippen LogP contribution in [0.2, 0.25) is 0 Å². The summed E-state index contributed by atoms with van der Waals surface area (Å²) < 4.78 is 4.98. The molecule has 0 atom stereocenters. The minimum Gasteiger partial charge on any atom is -0.469 e. The number of aryl methyl sites for hydroxylation is 3. The highest BCUT2D eigenvalue weighted by atomic mass is 16.3. The van der Waals surface area contributed by atoms with Gasteiger partial charge in [-0.05, 0) is 70.5 Å². The quantitative estimate of drug-likeness (QED) is 0.354. The molecule has 0 fully saturated rings. The van der Waals surface area contributed by atoms with Crippen molar-refractivity contribution in [3.8, 4) is 0 Å². The van der Waals surface area contributed by atoms with E-state index in [2.05, 4.69) is 55.5 Å². The smallest absolute Gasteiger partial charge is 0.103 e. The first kappa shape index (κ1) is 16.0. The van der Waals surface area contributed by atoms with Crippen molar-refractivity contribution in [3.05, 3.63) is 83.8 Å². The Bertz CT molecular complexity index is 980. The van der Waals surface area contributed by atoms with Crippen molar-refractivity contribution in [2.24, 2.45) is 0 Å². The Morgan fingerprint density at radius 3 is 2.40 bits per heavy atom. The third-order valence-corrected chi connectivity index (χ3v) is 5.19. The molecule has 0 saturated heterocycles. The van der Waals surface area contributed by atoms with Gasteiger partial charge >= 0.3 is 0 Å². The minimum absolute atomic E-state index is 0.993. The van der Waals surface area contributed by atoms with E-state index in [0.717, 1.165) is 12.2 Å². The molecule has 0 bridgehead atoms. The Hall–Kier alpha value is -2.54. The fourth-order valence-corrected chi connectivity index (χ4v) is 3.86. The van der Waals surface area contributed by atoms with E-state index < -0.39 is 0 Å². The number of fused-ring (bicyclic) bond motifs is 5. The van der Waals surface area contributed by atoms with Crippen molar-refractivity contribution in [2.45, 2.75) is 39.0 Å². The van der Waals surface area contributed by atoms with Gasteiger partial charge in [0, 0.05) is 6.42 Å². The van der Waals surface area contributed by atoms with Gasteiger partial charge in [-0.15, -0.1) is 0 Å². The van der Waals surface area contributed by atoms with Gasteiger partial charge in [0.25, 0.3) is 0 Å². The van der Waals surface area contributed by atoms with Crippen LogP contribution in [-0.4, -0.2) is 0 Å². The Morgan fingerprint density at radius 1 is 0.760 bits per heavy atom. The average molecular weight is 328 g/mol. The van der Waals surface area contributed by atoms with E-state index in [9.17, 15) is 0 Å². The second-order valence-electron chi connectivity index (χ2n) is 6.73. The molecule has 1 aliphatic carbocycles. The van der Waals surface area contributed by atoms with Crippen molar-refractivity contribution in [1.82, 2.24) is 0 Å². The molecule has 0 aliphatic heterocycles. The minimum atomic E-state index is 0.993. The molecule has 5 rings (SSSR count). The van der Waals surface area contributed by atoms with Gasteiger partial charge in [0.1, 0.15) is 5.76 Å². The Labute approximate surface area is 149 Å². The lowest BCUT2D eigenvalue weighted by Crippen LogP contribution is -2.02. The zero-order valence-corrected chi connectivity index (χ0v) is 14.8. The van der Waals surface area contributed by atoms with Crippen LogP contribution in [0.3, 0.4) is 0 Å². The van der Waals surface area contributed by atoms with Crippen molar-refractivity contribution < 1.29 is 4.42 Å². The molecular weight excluding hydrogens is 304 g/mol. The summed E-state index contributed by atoms with van der Waals surface area (Å²) in [6.45, 7) is 2.07. The fraction of sp³-hybridized carbons (Fsp3) is 0.250. The number of rotatable bonds is 1. The molecule has 0 amide bonds. The molecule has 1 aromatic heterocycles. The maximum absolute atomic E-state index is 4.98. The van der Waals surface area contributed by atoms with Gasteiger partial charge in [0.05, 0.1) is 6.26 Å². The summed E-state index contributed by atoms with van der Waals surface area (Å²) in [5, 5.41) is 5.64. The number of benzene rings is 3. The van der Waals surface area contributed by atoms with Crippen LogP contribution in [-0.2, 0) is 19.3 Å². The fourth-order valence-electron chi connectivity index (χ4n) is 3.86. The van der Waals surface area contributed by atoms with Crippen LogP contribution in [0.1, 0.15) is 36.7 Å². The molecule has 0 N–H and O–H groups in total. The van der Waals surface area contributed by atoms with E-state index in [1.165, 1.54) is 47.2 Å². The molecule has 0 saturated carbocycles. The van der Waals surface area contributed by atoms with Crippen LogP contribution in [0.5, 0.6) is 0 Å². The van der Waals surface area contributed by atoms with Gasteiger partial charge in [-0.1, -0.05) is 55.5 Å². The lowest BCUT2D eigenvalue weighted by molar-refractivity contribution is 0.516. The maximum Gasteiger partial charge on any atom is 0.103 e. The Balaban J connectivity index is 0.000000190. The highest BCUT2D eigenvalue weighted by Gasteiger charge is 2.13. The zero-order valence-electron chi connectivity index (χ0n) is 14.8. The number of hydrogen-bond donors (Lipinski definition) is 0. The molecule has 1 aliphatic rings. The molecule has 1 heteroatoms. The topological polar surface area (TPSA) is 13.1 Å². The van der Waals surface area contributed by atoms with Gasteiger partial charge in [-0.3, -0.25) is 0 Å². The van der Waals surface area contributed by atoms with Crippen LogP contribution < -0.4 is 0 Å². The van der Waals surface area contributed by atoms with E-state index in [1.54, 1.807) is 17.4 Å². The first-order valence-corrected chi connectivity index (χ1v) is 9.31. The average Bonchev–Trinajstić information content (AvgIpc) is 3.22. The van der Waals surface area contributed by atoms with Crippen molar-refractivity contribution in [1.29, 1.82) is 0 Å². The summed E-state index contributed by atoms with van der Waals surface area (Å²) in [5.74, 6) is 1.06. The highest BCUT2D eigenvalue weighted by molar-refractivity contribution is 6.08. The number of hydrogen-bond acceptors (Lipinski definition) is 1. The lowest BCUT2D eigenvalue weighted by Gasteiger charge is -2.18. The van der Waals surface area contributed by atoms with Gasteiger partial charge in [0.2, 0.25) is 0 Å². The van der Waals surface area contributed by atoms with Crippen molar-refractivity contribution in [2.75, 3.05) is 0 Å². The van der Waals surface area contributed by atoms with E-state index in [4.69, 9.17) is 4.42 Å². The largest absolute Gasteiger partial charge is 0.469 e. The molecule has 0 unspecified atom stereocenters. The maximum atomic E-state index is 4.98. The molecule has 126 valence electrons. The number of furan rings is 1. The van der Waals surface area contributed by atoms with Crippen LogP contribution >= 0.6 is 0 Å². The summed E-state index contributed by atoms with van der Waals surface area (Å²) in [6, 6.07) is 21.8. The summed E-state index contributed by atoms with van der Waals surface area (Å²) in [4.78, 5) is 0. The van der Waals surface area contributed by atoms with Gasteiger partial charge in [-0.2, -0.15) is 0 Å². The molecule has 1 nitrogen and oxygen atoms in total. The van der Waals surface area contributed by atoms with Gasteiger partial charge in [0.15, 0.2) is 0 Å². The standard InChI is InChI=1S/C18H16.C6H8O/c1-3-7-15-13(5-1)9-11-18-16-8-4-2-6-14(16)10-12-17(15)18;1-2-6-4-3-5-7-6/h1,3,5,7,9-12H,2,4,6,8H2;3-5H,2H2,1H3. The SMILES string of the molecule is CCc1ccco1.c1ccc2c(c1)ccc1c3c(ccc12)CCCC3. The Morgan fingerprint density at radius 2 is 1.60 bits per heavy atom. The third kappa shape index (κ3) is 3.19. The summed E-state index contributed by atoms with van der Waals surface area (Å²) >= 11 is 0. The van der Waals surface area contributed by atoms with Gasteiger partial charge in [-0.25, -0.2) is 0 Å². The third-order valence-electron chi connectivity index (χ3n) is 5.19. The van der Waals surface area contributed by atoms with Gasteiger partial charge < -0.3 is 4.42 Å². The summed E-state index contributed by atoms with van der Waals surface area (Å²) in [7, 11) is 0. The summed E-state index contributed by atoms with van der Waals surface area (Å²) in [6.07, 6.45) is 7.90. The van der Waals surface area contributed by atoms with E-state index >= 15 is 0 Å². The normalized spacial score (nSPS) is 13.3. The molecule has 4 aromatic rings. The summed E-state index contributed by atoms with van der Waals surface area (Å²) in [5.41, 5.74) is 3.17. The molecule has 1 heterocycles. The zero-order chi connectivity index (χ0) is 17.1. The second-order valence-corrected chi connectivity index (χ2v) is 6.73. The molecular formula is C24H24O.